The van der Waals surface area contributed by atoms with Crippen LogP contribution in [0, 0.1) is 0 Å². The van der Waals surface area contributed by atoms with Gasteiger partial charge in [0.15, 0.2) is 0 Å². The molecule has 0 aliphatic rings. The number of aliphatic carboxylic acids is 2. The number of carboxylic acids is 2. The SMILES string of the molecule is NCCCc1ccoc1.O=C(O)C(=O)O. The standard InChI is InChI=1S/C7H11NO.C2H2O4/c8-4-1-2-7-3-5-9-6-7;3-1(4)2(5)6/h3,5-6H,1-2,4,8H2;(H,3,4)(H,5,6). The minimum Gasteiger partial charge on any atom is -0.473 e. The van der Waals surface area contributed by atoms with Crippen molar-refractivity contribution in [3.8, 4) is 0 Å². The Kier molecular flexibility index (Phi) is 6.65. The fourth-order valence-electron chi connectivity index (χ4n) is 0.741. The maximum Gasteiger partial charge on any atom is 0.414 e. The number of hydrogen-bond acceptors (Lipinski definition) is 4. The first-order chi connectivity index (χ1) is 7.07. The Morgan fingerprint density at radius 2 is 1.93 bits per heavy atom. The highest BCUT2D eigenvalue weighted by atomic mass is 16.4. The quantitative estimate of drug-likeness (QED) is 0.626. The molecule has 84 valence electrons. The number of furan rings is 1. The van der Waals surface area contributed by atoms with Gasteiger partial charge < -0.3 is 20.4 Å². The van der Waals surface area contributed by atoms with E-state index in [4.69, 9.17) is 30.0 Å². The number of nitrogens with two attached hydrogens (primary N) is 1. The summed E-state index contributed by atoms with van der Waals surface area (Å²) in [6.45, 7) is 0.755. The molecule has 1 heterocycles. The Morgan fingerprint density at radius 3 is 2.27 bits per heavy atom. The number of rotatable bonds is 3. The van der Waals surface area contributed by atoms with Crippen LogP contribution >= 0.6 is 0 Å². The van der Waals surface area contributed by atoms with E-state index >= 15 is 0 Å². The molecule has 0 fully saturated rings. The Hall–Kier alpha value is -1.82. The van der Waals surface area contributed by atoms with Crippen LogP contribution in [0.15, 0.2) is 23.0 Å². The monoisotopic (exact) mass is 215 g/mol. The fourth-order valence-corrected chi connectivity index (χ4v) is 0.741. The van der Waals surface area contributed by atoms with Gasteiger partial charge in [0.1, 0.15) is 0 Å². The van der Waals surface area contributed by atoms with Gasteiger partial charge in [-0.15, -0.1) is 0 Å². The molecular formula is C9H13NO5. The summed E-state index contributed by atoms with van der Waals surface area (Å²) in [5.74, 6) is -3.65. The summed E-state index contributed by atoms with van der Waals surface area (Å²) in [4.78, 5) is 18.2. The van der Waals surface area contributed by atoms with Gasteiger partial charge in [0.05, 0.1) is 12.5 Å². The minimum atomic E-state index is -1.82. The molecule has 0 saturated heterocycles. The van der Waals surface area contributed by atoms with Crippen molar-refractivity contribution in [2.75, 3.05) is 6.54 Å². The van der Waals surface area contributed by atoms with Crippen molar-refractivity contribution < 1.29 is 24.2 Å². The second kappa shape index (κ2) is 7.57. The molecule has 0 saturated carbocycles. The Morgan fingerprint density at radius 1 is 1.33 bits per heavy atom. The van der Waals surface area contributed by atoms with E-state index in [9.17, 15) is 0 Å². The topological polar surface area (TPSA) is 114 Å². The average Bonchev–Trinajstić information content (AvgIpc) is 2.68. The van der Waals surface area contributed by atoms with E-state index in [0.717, 1.165) is 19.4 Å². The normalized spacial score (nSPS) is 8.87. The van der Waals surface area contributed by atoms with Crippen LogP contribution in [-0.4, -0.2) is 28.7 Å². The first-order valence-electron chi connectivity index (χ1n) is 4.25. The van der Waals surface area contributed by atoms with Crippen LogP contribution in [0.5, 0.6) is 0 Å². The number of carboxylic acid groups (broad SMARTS) is 2. The van der Waals surface area contributed by atoms with Crippen molar-refractivity contribution in [2.24, 2.45) is 5.73 Å². The zero-order valence-electron chi connectivity index (χ0n) is 8.05. The predicted octanol–water partition coefficient (Wildman–Crippen LogP) is 0.326. The second-order valence-corrected chi connectivity index (χ2v) is 2.63. The van der Waals surface area contributed by atoms with E-state index in [-0.39, 0.29) is 0 Å². The lowest BCUT2D eigenvalue weighted by atomic mass is 10.2. The van der Waals surface area contributed by atoms with Gasteiger partial charge in [-0.2, -0.15) is 0 Å². The summed E-state index contributed by atoms with van der Waals surface area (Å²) >= 11 is 0. The molecular weight excluding hydrogens is 202 g/mol. The highest BCUT2D eigenvalue weighted by Gasteiger charge is 2.04. The van der Waals surface area contributed by atoms with E-state index in [1.54, 1.807) is 12.5 Å². The molecule has 6 nitrogen and oxygen atoms in total. The van der Waals surface area contributed by atoms with Crippen LogP contribution < -0.4 is 5.73 Å². The maximum atomic E-state index is 9.10. The smallest absolute Gasteiger partial charge is 0.414 e. The predicted molar refractivity (Wildman–Crippen MR) is 51.4 cm³/mol. The van der Waals surface area contributed by atoms with E-state index in [1.807, 2.05) is 6.07 Å². The van der Waals surface area contributed by atoms with Crippen molar-refractivity contribution in [3.05, 3.63) is 24.2 Å². The largest absolute Gasteiger partial charge is 0.473 e. The molecule has 0 atom stereocenters. The summed E-state index contributed by atoms with van der Waals surface area (Å²) in [6, 6.07) is 1.97. The zero-order chi connectivity index (χ0) is 11.7. The van der Waals surface area contributed by atoms with Gasteiger partial charge in [-0.05, 0) is 31.0 Å². The van der Waals surface area contributed by atoms with E-state index in [1.165, 1.54) is 5.56 Å². The lowest BCUT2D eigenvalue weighted by molar-refractivity contribution is -0.159. The second-order valence-electron chi connectivity index (χ2n) is 2.63. The van der Waals surface area contributed by atoms with E-state index < -0.39 is 11.9 Å². The molecule has 6 heteroatoms. The van der Waals surface area contributed by atoms with Gasteiger partial charge in [-0.25, -0.2) is 9.59 Å². The average molecular weight is 215 g/mol. The van der Waals surface area contributed by atoms with Crippen LogP contribution in [0.3, 0.4) is 0 Å². The molecule has 15 heavy (non-hydrogen) atoms. The molecule has 4 N–H and O–H groups in total. The highest BCUT2D eigenvalue weighted by molar-refractivity contribution is 6.27. The van der Waals surface area contributed by atoms with Gasteiger partial charge in [0.2, 0.25) is 0 Å². The van der Waals surface area contributed by atoms with E-state index in [0.29, 0.717) is 0 Å². The third-order valence-electron chi connectivity index (χ3n) is 1.43. The van der Waals surface area contributed by atoms with Crippen LogP contribution in [-0.2, 0) is 16.0 Å². The van der Waals surface area contributed by atoms with Crippen molar-refractivity contribution in [3.63, 3.8) is 0 Å². The molecule has 0 aliphatic carbocycles. The third kappa shape index (κ3) is 7.27. The van der Waals surface area contributed by atoms with Gasteiger partial charge in [0, 0.05) is 0 Å². The maximum absolute atomic E-state index is 9.10. The minimum absolute atomic E-state index is 0.755. The highest BCUT2D eigenvalue weighted by Crippen LogP contribution is 2.01. The molecule has 0 radical (unpaired) electrons. The molecule has 0 aliphatic heterocycles. The molecule has 1 aromatic rings. The van der Waals surface area contributed by atoms with Crippen LogP contribution in [0.2, 0.25) is 0 Å². The van der Waals surface area contributed by atoms with Crippen LogP contribution in [0.4, 0.5) is 0 Å². The van der Waals surface area contributed by atoms with Crippen LogP contribution in [0.1, 0.15) is 12.0 Å². The molecule has 0 bridgehead atoms. The molecule has 0 unspecified atom stereocenters. The lowest BCUT2D eigenvalue weighted by Gasteiger charge is -1.89. The van der Waals surface area contributed by atoms with E-state index in [2.05, 4.69) is 0 Å². The van der Waals surface area contributed by atoms with Crippen molar-refractivity contribution in [1.29, 1.82) is 0 Å². The lowest BCUT2D eigenvalue weighted by Crippen LogP contribution is -2.09. The van der Waals surface area contributed by atoms with Gasteiger partial charge in [-0.3, -0.25) is 0 Å². The molecule has 1 rings (SSSR count). The zero-order valence-corrected chi connectivity index (χ0v) is 8.05. The van der Waals surface area contributed by atoms with Crippen LogP contribution in [0.25, 0.3) is 0 Å². The Balaban J connectivity index is 0.000000288. The summed E-state index contributed by atoms with van der Waals surface area (Å²) in [5, 5.41) is 14.8. The number of hydrogen-bond donors (Lipinski definition) is 3. The van der Waals surface area contributed by atoms with Gasteiger partial charge in [0.25, 0.3) is 0 Å². The Bertz CT molecular complexity index is 281. The third-order valence-corrected chi connectivity index (χ3v) is 1.43. The fraction of sp³-hybridized carbons (Fsp3) is 0.333. The molecule has 0 spiro atoms. The first kappa shape index (κ1) is 13.2. The summed E-state index contributed by atoms with van der Waals surface area (Å²) < 4.78 is 4.87. The molecule has 1 aromatic heterocycles. The molecule has 0 amide bonds. The van der Waals surface area contributed by atoms with Crippen molar-refractivity contribution >= 4 is 11.9 Å². The Labute approximate surface area is 86.3 Å². The van der Waals surface area contributed by atoms with Crippen molar-refractivity contribution in [1.82, 2.24) is 0 Å². The van der Waals surface area contributed by atoms with Gasteiger partial charge >= 0.3 is 11.9 Å². The number of aryl methyl sites for hydroxylation is 1. The number of carbonyl (C=O) groups is 2. The molecule has 0 aromatic carbocycles. The first-order valence-corrected chi connectivity index (χ1v) is 4.25. The summed E-state index contributed by atoms with van der Waals surface area (Å²) in [6.07, 6.45) is 5.52. The summed E-state index contributed by atoms with van der Waals surface area (Å²) in [5.41, 5.74) is 6.55. The summed E-state index contributed by atoms with van der Waals surface area (Å²) in [7, 11) is 0. The van der Waals surface area contributed by atoms with Crippen molar-refractivity contribution in [2.45, 2.75) is 12.8 Å². The van der Waals surface area contributed by atoms with Gasteiger partial charge in [-0.1, -0.05) is 0 Å².